The number of amides is 2. The average Bonchev–Trinajstić information content (AvgIpc) is 2.69. The Balaban J connectivity index is 2.04. The van der Waals surface area contributed by atoms with Crippen LogP contribution in [0.25, 0.3) is 0 Å². The molecule has 2 amide bonds. The predicted molar refractivity (Wildman–Crippen MR) is 64.3 cm³/mol. The molecule has 1 aromatic carbocycles. The molecule has 5 heteroatoms. The SMILES string of the molecule is COCCN1CCN(c2ccc(O)cc2)C1=O. The van der Waals surface area contributed by atoms with E-state index < -0.39 is 0 Å². The summed E-state index contributed by atoms with van der Waals surface area (Å²) in [6.45, 7) is 2.55. The van der Waals surface area contributed by atoms with Crippen LogP contribution < -0.4 is 4.90 Å². The van der Waals surface area contributed by atoms with Gasteiger partial charge in [-0.3, -0.25) is 4.90 Å². The maximum Gasteiger partial charge on any atom is 0.324 e. The van der Waals surface area contributed by atoms with Gasteiger partial charge in [-0.25, -0.2) is 4.79 Å². The second-order valence-corrected chi connectivity index (χ2v) is 3.93. The fraction of sp³-hybridized carbons (Fsp3) is 0.417. The van der Waals surface area contributed by atoms with Gasteiger partial charge in [0.05, 0.1) is 6.61 Å². The monoisotopic (exact) mass is 236 g/mol. The third-order valence-electron chi connectivity index (χ3n) is 2.82. The number of phenolic OH excluding ortho intramolecular Hbond substituents is 1. The summed E-state index contributed by atoms with van der Waals surface area (Å²) in [7, 11) is 1.62. The Morgan fingerprint density at radius 1 is 1.29 bits per heavy atom. The zero-order valence-corrected chi connectivity index (χ0v) is 9.80. The van der Waals surface area contributed by atoms with Gasteiger partial charge in [0.15, 0.2) is 0 Å². The van der Waals surface area contributed by atoms with Crippen LogP contribution in [0.5, 0.6) is 5.75 Å². The number of phenols is 1. The van der Waals surface area contributed by atoms with Gasteiger partial charge in [0.2, 0.25) is 0 Å². The Bertz CT molecular complexity index is 391. The van der Waals surface area contributed by atoms with E-state index in [1.807, 2.05) is 0 Å². The highest BCUT2D eigenvalue weighted by molar-refractivity contribution is 5.94. The molecule has 5 nitrogen and oxygen atoms in total. The lowest BCUT2D eigenvalue weighted by Gasteiger charge is -2.18. The van der Waals surface area contributed by atoms with E-state index in [2.05, 4.69) is 0 Å². The van der Waals surface area contributed by atoms with Crippen LogP contribution in [0, 0.1) is 0 Å². The molecule has 1 aliphatic heterocycles. The van der Waals surface area contributed by atoms with Crippen LogP contribution in [-0.2, 0) is 4.74 Å². The number of carbonyl (C=O) groups is 1. The standard InChI is InChI=1S/C12H16N2O3/c1-17-9-8-13-6-7-14(12(13)16)10-2-4-11(15)5-3-10/h2-5,15H,6-9H2,1H3. The van der Waals surface area contributed by atoms with Crippen molar-refractivity contribution in [3.05, 3.63) is 24.3 Å². The van der Waals surface area contributed by atoms with Gasteiger partial charge >= 0.3 is 6.03 Å². The minimum absolute atomic E-state index is 0.00672. The van der Waals surface area contributed by atoms with Gasteiger partial charge in [0.1, 0.15) is 5.75 Å². The lowest BCUT2D eigenvalue weighted by atomic mass is 10.3. The van der Waals surface area contributed by atoms with Crippen LogP contribution in [0.3, 0.4) is 0 Å². The maximum atomic E-state index is 12.0. The van der Waals surface area contributed by atoms with E-state index in [1.165, 1.54) is 0 Å². The highest BCUT2D eigenvalue weighted by atomic mass is 16.5. The number of methoxy groups -OCH3 is 1. The van der Waals surface area contributed by atoms with Gasteiger partial charge in [-0.1, -0.05) is 0 Å². The number of urea groups is 1. The molecule has 0 spiro atoms. The fourth-order valence-corrected chi connectivity index (χ4v) is 1.86. The summed E-state index contributed by atoms with van der Waals surface area (Å²) in [5.74, 6) is 0.205. The zero-order valence-electron chi connectivity index (χ0n) is 9.80. The first-order valence-corrected chi connectivity index (χ1v) is 5.57. The average molecular weight is 236 g/mol. The molecule has 0 bridgehead atoms. The minimum atomic E-state index is -0.00672. The number of aromatic hydroxyl groups is 1. The molecule has 0 aromatic heterocycles. The van der Waals surface area contributed by atoms with E-state index in [1.54, 1.807) is 41.2 Å². The van der Waals surface area contributed by atoms with Crippen molar-refractivity contribution >= 4 is 11.7 Å². The van der Waals surface area contributed by atoms with Crippen molar-refractivity contribution in [1.29, 1.82) is 0 Å². The number of rotatable bonds is 4. The summed E-state index contributed by atoms with van der Waals surface area (Å²) >= 11 is 0. The molecule has 0 aliphatic carbocycles. The lowest BCUT2D eigenvalue weighted by Crippen LogP contribution is -2.33. The number of carbonyl (C=O) groups excluding carboxylic acids is 1. The number of anilines is 1. The molecule has 0 atom stereocenters. The number of hydrogen-bond donors (Lipinski definition) is 1. The summed E-state index contributed by atoms with van der Waals surface area (Å²) < 4.78 is 4.96. The lowest BCUT2D eigenvalue weighted by molar-refractivity contribution is 0.162. The molecule has 17 heavy (non-hydrogen) atoms. The van der Waals surface area contributed by atoms with E-state index in [0.717, 1.165) is 5.69 Å². The molecule has 1 aromatic rings. The number of ether oxygens (including phenoxy) is 1. The van der Waals surface area contributed by atoms with Crippen molar-refractivity contribution in [3.63, 3.8) is 0 Å². The van der Waals surface area contributed by atoms with Crippen LogP contribution in [0.1, 0.15) is 0 Å². The van der Waals surface area contributed by atoms with Gasteiger partial charge < -0.3 is 14.7 Å². The molecule has 0 unspecified atom stereocenters. The second-order valence-electron chi connectivity index (χ2n) is 3.93. The van der Waals surface area contributed by atoms with Gasteiger partial charge in [0.25, 0.3) is 0 Å². The first-order chi connectivity index (χ1) is 8.22. The second kappa shape index (κ2) is 5.05. The van der Waals surface area contributed by atoms with Crippen molar-refractivity contribution in [1.82, 2.24) is 4.90 Å². The van der Waals surface area contributed by atoms with Crippen LogP contribution in [-0.4, -0.2) is 49.4 Å². The van der Waals surface area contributed by atoms with E-state index in [0.29, 0.717) is 26.2 Å². The highest BCUT2D eigenvalue weighted by Crippen LogP contribution is 2.22. The first kappa shape index (κ1) is 11.7. The van der Waals surface area contributed by atoms with Crippen molar-refractivity contribution in [2.45, 2.75) is 0 Å². The molecule has 92 valence electrons. The molecule has 1 N–H and O–H groups in total. The topological polar surface area (TPSA) is 53.0 Å². The summed E-state index contributed by atoms with van der Waals surface area (Å²) in [5.41, 5.74) is 0.813. The molecular formula is C12H16N2O3. The number of nitrogens with zero attached hydrogens (tertiary/aromatic N) is 2. The van der Waals surface area contributed by atoms with Crippen molar-refractivity contribution in [3.8, 4) is 5.75 Å². The summed E-state index contributed by atoms with van der Waals surface area (Å²) in [6, 6.07) is 6.65. The van der Waals surface area contributed by atoms with Gasteiger partial charge in [-0.2, -0.15) is 0 Å². The summed E-state index contributed by atoms with van der Waals surface area (Å²) in [4.78, 5) is 15.5. The van der Waals surface area contributed by atoms with Crippen LogP contribution in [0.2, 0.25) is 0 Å². The molecule has 1 heterocycles. The van der Waals surface area contributed by atoms with Crippen molar-refractivity contribution in [2.24, 2.45) is 0 Å². The fourth-order valence-electron chi connectivity index (χ4n) is 1.86. The van der Waals surface area contributed by atoms with E-state index >= 15 is 0 Å². The van der Waals surface area contributed by atoms with Crippen molar-refractivity contribution < 1.29 is 14.6 Å². The summed E-state index contributed by atoms with van der Waals surface area (Å²) in [6.07, 6.45) is 0. The Labute approximate surface area is 100 Å². The van der Waals surface area contributed by atoms with E-state index in [4.69, 9.17) is 4.74 Å². The number of benzene rings is 1. The predicted octanol–water partition coefficient (Wildman–Crippen LogP) is 1.28. The highest BCUT2D eigenvalue weighted by Gasteiger charge is 2.28. The van der Waals surface area contributed by atoms with E-state index in [-0.39, 0.29) is 11.8 Å². The van der Waals surface area contributed by atoms with Gasteiger partial charge in [0, 0.05) is 32.4 Å². The van der Waals surface area contributed by atoms with Crippen LogP contribution in [0.4, 0.5) is 10.5 Å². The molecule has 0 radical (unpaired) electrons. The molecular weight excluding hydrogens is 220 g/mol. The smallest absolute Gasteiger partial charge is 0.324 e. The first-order valence-electron chi connectivity index (χ1n) is 5.57. The van der Waals surface area contributed by atoms with Crippen LogP contribution in [0.15, 0.2) is 24.3 Å². The van der Waals surface area contributed by atoms with Gasteiger partial charge in [-0.15, -0.1) is 0 Å². The number of hydrogen-bond acceptors (Lipinski definition) is 3. The van der Waals surface area contributed by atoms with Crippen LogP contribution >= 0.6 is 0 Å². The van der Waals surface area contributed by atoms with Gasteiger partial charge in [-0.05, 0) is 24.3 Å². The Hall–Kier alpha value is -1.75. The molecule has 0 saturated carbocycles. The largest absolute Gasteiger partial charge is 0.508 e. The molecule has 1 fully saturated rings. The Kier molecular flexibility index (Phi) is 3.49. The normalized spacial score (nSPS) is 15.7. The summed E-state index contributed by atoms with van der Waals surface area (Å²) in [5, 5.41) is 9.20. The Morgan fingerprint density at radius 3 is 2.65 bits per heavy atom. The van der Waals surface area contributed by atoms with E-state index in [9.17, 15) is 9.90 Å². The molecule has 1 aliphatic rings. The Morgan fingerprint density at radius 2 is 2.00 bits per heavy atom. The minimum Gasteiger partial charge on any atom is -0.508 e. The third-order valence-corrected chi connectivity index (χ3v) is 2.82. The maximum absolute atomic E-state index is 12.0. The molecule has 2 rings (SSSR count). The quantitative estimate of drug-likeness (QED) is 0.856. The zero-order chi connectivity index (χ0) is 12.3. The molecule has 1 saturated heterocycles. The van der Waals surface area contributed by atoms with Crippen molar-refractivity contribution in [2.75, 3.05) is 38.3 Å². The third kappa shape index (κ3) is 2.50.